The molecule has 0 saturated heterocycles. The van der Waals surface area contributed by atoms with E-state index in [4.69, 9.17) is 9.47 Å². The number of rotatable bonds is 5. The maximum absolute atomic E-state index is 11.5. The summed E-state index contributed by atoms with van der Waals surface area (Å²) in [6.45, 7) is 2.06. The fourth-order valence-electron chi connectivity index (χ4n) is 2.25. The first-order valence-electron chi connectivity index (χ1n) is 6.56. The maximum atomic E-state index is 11.5. The van der Waals surface area contributed by atoms with Gasteiger partial charge in [0.2, 0.25) is 0 Å². The highest BCUT2D eigenvalue weighted by molar-refractivity contribution is 5.91. The van der Waals surface area contributed by atoms with Crippen LogP contribution >= 0.6 is 0 Å². The molecular weight excluding hydrogens is 256 g/mol. The molecule has 0 spiro atoms. The van der Waals surface area contributed by atoms with E-state index in [-0.39, 0.29) is 6.42 Å². The molecule has 0 bridgehead atoms. The highest BCUT2D eigenvalue weighted by Crippen LogP contribution is 2.32. The number of esters is 1. The lowest BCUT2D eigenvalue weighted by Gasteiger charge is -2.15. The van der Waals surface area contributed by atoms with Crippen LogP contribution in [0.25, 0.3) is 10.8 Å². The number of ether oxygens (including phenoxy) is 2. The number of hydrogen-bond acceptors (Lipinski definition) is 4. The Labute approximate surface area is 117 Å². The van der Waals surface area contributed by atoms with Crippen molar-refractivity contribution in [3.8, 4) is 5.75 Å². The molecule has 0 radical (unpaired) electrons. The van der Waals surface area contributed by atoms with Crippen molar-refractivity contribution in [1.82, 2.24) is 0 Å². The van der Waals surface area contributed by atoms with Crippen molar-refractivity contribution >= 4 is 16.7 Å². The molecule has 0 fully saturated rings. The van der Waals surface area contributed by atoms with Crippen molar-refractivity contribution in [2.45, 2.75) is 19.4 Å². The zero-order chi connectivity index (χ0) is 14.5. The first kappa shape index (κ1) is 14.3. The topological polar surface area (TPSA) is 55.8 Å². The number of benzene rings is 2. The Kier molecular flexibility index (Phi) is 4.58. The lowest BCUT2D eigenvalue weighted by molar-refractivity contribution is -0.145. The maximum Gasteiger partial charge on any atom is 0.308 e. The van der Waals surface area contributed by atoms with Gasteiger partial charge in [0.25, 0.3) is 0 Å². The molecular formula is C16H18O4. The van der Waals surface area contributed by atoms with Gasteiger partial charge in [0.05, 0.1) is 26.2 Å². The van der Waals surface area contributed by atoms with Crippen molar-refractivity contribution in [3.05, 3.63) is 42.0 Å². The van der Waals surface area contributed by atoms with Crippen LogP contribution in [0.2, 0.25) is 0 Å². The predicted molar refractivity (Wildman–Crippen MR) is 76.7 cm³/mol. The van der Waals surface area contributed by atoms with E-state index in [2.05, 4.69) is 0 Å². The van der Waals surface area contributed by atoms with E-state index in [1.165, 1.54) is 0 Å². The molecule has 2 rings (SSSR count). The van der Waals surface area contributed by atoms with Gasteiger partial charge in [-0.3, -0.25) is 4.79 Å². The van der Waals surface area contributed by atoms with Gasteiger partial charge in [-0.15, -0.1) is 0 Å². The van der Waals surface area contributed by atoms with E-state index < -0.39 is 12.1 Å². The first-order chi connectivity index (χ1) is 9.67. The summed E-state index contributed by atoms with van der Waals surface area (Å²) in [6.07, 6.45) is -0.936. The van der Waals surface area contributed by atoms with E-state index in [1.54, 1.807) is 26.2 Å². The van der Waals surface area contributed by atoms with E-state index in [0.29, 0.717) is 12.2 Å². The molecule has 0 amide bonds. The Morgan fingerprint density at radius 1 is 1.20 bits per heavy atom. The SMILES string of the molecule is CCOC(=O)CC(O)c1ccc(OC)c2ccccc12. The smallest absolute Gasteiger partial charge is 0.308 e. The molecule has 0 aliphatic heterocycles. The Hall–Kier alpha value is -2.07. The van der Waals surface area contributed by atoms with E-state index in [0.717, 1.165) is 16.5 Å². The first-order valence-corrected chi connectivity index (χ1v) is 6.56. The Morgan fingerprint density at radius 2 is 1.90 bits per heavy atom. The number of carbonyl (C=O) groups is 1. The minimum atomic E-state index is -0.884. The standard InChI is InChI=1S/C16H18O4/c1-3-20-16(18)10-14(17)12-8-9-15(19-2)13-7-5-4-6-11(12)13/h4-9,14,17H,3,10H2,1-2H3. The summed E-state index contributed by atoms with van der Waals surface area (Å²) < 4.78 is 10.2. The molecule has 2 aromatic carbocycles. The van der Waals surface area contributed by atoms with E-state index in [1.807, 2.05) is 24.3 Å². The van der Waals surface area contributed by atoms with Gasteiger partial charge in [0, 0.05) is 5.39 Å². The van der Waals surface area contributed by atoms with Gasteiger partial charge in [-0.05, 0) is 23.9 Å². The van der Waals surface area contributed by atoms with Crippen LogP contribution in [0.3, 0.4) is 0 Å². The van der Waals surface area contributed by atoms with Crippen LogP contribution in [-0.4, -0.2) is 24.8 Å². The normalized spacial score (nSPS) is 12.2. The largest absolute Gasteiger partial charge is 0.496 e. The van der Waals surface area contributed by atoms with Crippen molar-refractivity contribution in [3.63, 3.8) is 0 Å². The molecule has 106 valence electrons. The summed E-state index contributed by atoms with van der Waals surface area (Å²) in [5.41, 5.74) is 0.703. The lowest BCUT2D eigenvalue weighted by Crippen LogP contribution is -2.10. The third kappa shape index (κ3) is 2.91. The molecule has 0 aliphatic carbocycles. The Balaban J connectivity index is 2.37. The van der Waals surface area contributed by atoms with Gasteiger partial charge < -0.3 is 14.6 Å². The van der Waals surface area contributed by atoms with Crippen LogP contribution in [0.4, 0.5) is 0 Å². The summed E-state index contributed by atoms with van der Waals surface area (Å²) in [6, 6.07) is 11.2. The molecule has 0 saturated carbocycles. The van der Waals surface area contributed by atoms with Gasteiger partial charge in [0.1, 0.15) is 5.75 Å². The Morgan fingerprint density at radius 3 is 2.55 bits per heavy atom. The number of methoxy groups -OCH3 is 1. The summed E-state index contributed by atoms with van der Waals surface area (Å²) >= 11 is 0. The van der Waals surface area contributed by atoms with Gasteiger partial charge >= 0.3 is 5.97 Å². The quantitative estimate of drug-likeness (QED) is 0.852. The van der Waals surface area contributed by atoms with Crippen molar-refractivity contribution in [1.29, 1.82) is 0 Å². The third-order valence-electron chi connectivity index (χ3n) is 3.16. The second kappa shape index (κ2) is 6.39. The van der Waals surface area contributed by atoms with Crippen LogP contribution in [0.5, 0.6) is 5.75 Å². The second-order valence-corrected chi connectivity index (χ2v) is 4.43. The van der Waals surface area contributed by atoms with Crippen LogP contribution in [0, 0.1) is 0 Å². The second-order valence-electron chi connectivity index (χ2n) is 4.43. The summed E-state index contributed by atoms with van der Waals surface area (Å²) in [5.74, 6) is 0.340. The zero-order valence-electron chi connectivity index (χ0n) is 11.6. The number of hydrogen-bond donors (Lipinski definition) is 1. The fourth-order valence-corrected chi connectivity index (χ4v) is 2.25. The predicted octanol–water partition coefficient (Wildman–Crippen LogP) is 2.84. The number of fused-ring (bicyclic) bond motifs is 1. The van der Waals surface area contributed by atoms with Crippen molar-refractivity contribution in [2.24, 2.45) is 0 Å². The minimum absolute atomic E-state index is 0.0514. The molecule has 4 nitrogen and oxygen atoms in total. The molecule has 0 aliphatic rings. The van der Waals surface area contributed by atoms with E-state index >= 15 is 0 Å². The number of carbonyl (C=O) groups excluding carboxylic acids is 1. The van der Waals surface area contributed by atoms with Crippen LogP contribution in [0.1, 0.15) is 25.0 Å². The average molecular weight is 274 g/mol. The van der Waals surface area contributed by atoms with Gasteiger partial charge in [-0.1, -0.05) is 30.3 Å². The molecule has 0 heterocycles. The molecule has 20 heavy (non-hydrogen) atoms. The van der Waals surface area contributed by atoms with Gasteiger partial charge in [-0.2, -0.15) is 0 Å². The monoisotopic (exact) mass is 274 g/mol. The molecule has 1 atom stereocenters. The van der Waals surface area contributed by atoms with Crippen molar-refractivity contribution < 1.29 is 19.4 Å². The number of aliphatic hydroxyl groups excluding tert-OH is 1. The molecule has 0 aromatic heterocycles. The summed E-state index contributed by atoms with van der Waals surface area (Å²) in [5, 5.41) is 12.0. The van der Waals surface area contributed by atoms with Crippen LogP contribution in [0.15, 0.2) is 36.4 Å². The van der Waals surface area contributed by atoms with Gasteiger partial charge in [0.15, 0.2) is 0 Å². The van der Waals surface area contributed by atoms with Crippen LogP contribution < -0.4 is 4.74 Å². The Bertz CT molecular complexity index is 606. The molecule has 1 unspecified atom stereocenters. The lowest BCUT2D eigenvalue weighted by atomic mass is 9.98. The summed E-state index contributed by atoms with van der Waals surface area (Å²) in [7, 11) is 1.61. The highest BCUT2D eigenvalue weighted by atomic mass is 16.5. The molecule has 4 heteroatoms. The molecule has 1 N–H and O–H groups in total. The van der Waals surface area contributed by atoms with Gasteiger partial charge in [-0.25, -0.2) is 0 Å². The fraction of sp³-hybridized carbons (Fsp3) is 0.312. The third-order valence-corrected chi connectivity index (χ3v) is 3.16. The minimum Gasteiger partial charge on any atom is -0.496 e. The van der Waals surface area contributed by atoms with Crippen molar-refractivity contribution in [2.75, 3.05) is 13.7 Å². The number of aliphatic hydroxyl groups is 1. The van der Waals surface area contributed by atoms with E-state index in [9.17, 15) is 9.90 Å². The average Bonchev–Trinajstić information content (AvgIpc) is 2.46. The van der Waals surface area contributed by atoms with Crippen LogP contribution in [-0.2, 0) is 9.53 Å². The highest BCUT2D eigenvalue weighted by Gasteiger charge is 2.17. The molecule has 2 aromatic rings. The zero-order valence-corrected chi connectivity index (χ0v) is 11.6. The summed E-state index contributed by atoms with van der Waals surface area (Å²) in [4.78, 5) is 11.5.